The first-order chi connectivity index (χ1) is 19.0. The molecule has 4 rings (SSSR count). The first-order valence-corrected chi connectivity index (χ1v) is 15.0. The minimum atomic E-state index is -1.09. The Morgan fingerprint density at radius 1 is 0.925 bits per heavy atom. The van der Waals surface area contributed by atoms with Gasteiger partial charge in [0.15, 0.2) is 6.10 Å². The van der Waals surface area contributed by atoms with Crippen LogP contribution in [0, 0.1) is 23.7 Å². The molecule has 0 aromatic rings. The number of esters is 1. The van der Waals surface area contributed by atoms with Crippen LogP contribution in [0.15, 0.2) is 0 Å². The number of likely N-dealkylation sites (tertiary alicyclic amines) is 1. The van der Waals surface area contributed by atoms with Gasteiger partial charge in [0.25, 0.3) is 11.8 Å². The zero-order valence-corrected chi connectivity index (χ0v) is 23.7. The molecule has 0 aromatic carbocycles. The molecule has 0 aromatic heterocycles. The molecule has 2 unspecified atom stereocenters. The van der Waals surface area contributed by atoms with Crippen LogP contribution in [0.2, 0.25) is 0 Å². The molecule has 0 spiro atoms. The number of hydrogen-bond donors (Lipinski definition) is 3. The Hall–Kier alpha value is -2.98. The molecular weight excluding hydrogens is 516 g/mol. The molecule has 2 saturated heterocycles. The van der Waals surface area contributed by atoms with E-state index in [9.17, 15) is 28.8 Å². The number of nitrogens with one attached hydrogen (secondary N) is 2. The van der Waals surface area contributed by atoms with E-state index < -0.39 is 53.7 Å². The lowest BCUT2D eigenvalue weighted by Crippen LogP contribution is -2.58. The fourth-order valence-electron chi connectivity index (χ4n) is 6.56. The van der Waals surface area contributed by atoms with Gasteiger partial charge >= 0.3 is 5.97 Å². The summed E-state index contributed by atoms with van der Waals surface area (Å²) in [5.74, 6) is -3.23. The summed E-state index contributed by atoms with van der Waals surface area (Å²) in [6.45, 7) is 4.43. The molecule has 2 heterocycles. The number of cyclic esters (lactones) is 1. The van der Waals surface area contributed by atoms with Crippen LogP contribution in [-0.2, 0) is 33.5 Å². The van der Waals surface area contributed by atoms with Crippen LogP contribution in [-0.4, -0.2) is 71.1 Å². The average molecular weight is 561 g/mol. The molecule has 40 heavy (non-hydrogen) atoms. The molecular formula is C29H44N4O7. The van der Waals surface area contributed by atoms with Gasteiger partial charge in [0.1, 0.15) is 12.1 Å². The third kappa shape index (κ3) is 7.01. The van der Waals surface area contributed by atoms with Gasteiger partial charge in [-0.05, 0) is 49.4 Å². The Bertz CT molecular complexity index is 1000. The Balaban J connectivity index is 1.54. The van der Waals surface area contributed by atoms with Gasteiger partial charge in [-0.2, -0.15) is 0 Å². The van der Waals surface area contributed by atoms with Gasteiger partial charge in [0.05, 0.1) is 6.04 Å². The largest absolute Gasteiger partial charge is 0.452 e. The molecule has 4 fully saturated rings. The zero-order chi connectivity index (χ0) is 29.0. The highest BCUT2D eigenvalue weighted by atomic mass is 16.6. The van der Waals surface area contributed by atoms with E-state index in [0.29, 0.717) is 19.4 Å². The van der Waals surface area contributed by atoms with Crippen molar-refractivity contribution in [1.82, 2.24) is 15.5 Å². The molecule has 11 nitrogen and oxygen atoms in total. The smallest absolute Gasteiger partial charge is 0.306 e. The van der Waals surface area contributed by atoms with Crippen LogP contribution in [0.4, 0.5) is 0 Å². The van der Waals surface area contributed by atoms with Crippen LogP contribution in [0.5, 0.6) is 0 Å². The summed E-state index contributed by atoms with van der Waals surface area (Å²) in [5.41, 5.74) is 5.29. The molecule has 222 valence electrons. The van der Waals surface area contributed by atoms with Gasteiger partial charge in [-0.15, -0.1) is 0 Å². The number of ketones is 1. The van der Waals surface area contributed by atoms with Crippen molar-refractivity contribution < 1.29 is 33.5 Å². The first kappa shape index (κ1) is 30.0. The number of carbonyl (C=O) groups is 6. The first-order valence-electron chi connectivity index (χ1n) is 15.0. The minimum absolute atomic E-state index is 0.0510. The van der Waals surface area contributed by atoms with Crippen LogP contribution in [0.1, 0.15) is 90.9 Å². The number of Topliss-reactive ketones (excluding diaryl/α,β-unsaturated/α-hetero) is 1. The van der Waals surface area contributed by atoms with Crippen molar-refractivity contribution in [3.8, 4) is 0 Å². The number of carbonyl (C=O) groups excluding carboxylic acids is 6. The zero-order valence-electron chi connectivity index (χ0n) is 23.7. The second-order valence-corrected chi connectivity index (χ2v) is 12.5. The number of ether oxygens (including phenoxy) is 1. The maximum Gasteiger partial charge on any atom is 0.306 e. The van der Waals surface area contributed by atoms with E-state index in [1.54, 1.807) is 4.90 Å². The predicted octanol–water partition coefficient (Wildman–Crippen LogP) is 1.36. The van der Waals surface area contributed by atoms with Crippen LogP contribution in [0.3, 0.4) is 0 Å². The van der Waals surface area contributed by atoms with Crippen molar-refractivity contribution in [3.63, 3.8) is 0 Å². The van der Waals surface area contributed by atoms with Gasteiger partial charge in [-0.25, -0.2) is 0 Å². The maximum atomic E-state index is 14.2. The second kappa shape index (κ2) is 13.1. The summed E-state index contributed by atoms with van der Waals surface area (Å²) < 4.78 is 5.15. The molecule has 4 N–H and O–H groups in total. The number of rotatable bonds is 11. The number of amides is 4. The number of hydrogen-bond acceptors (Lipinski definition) is 7. The van der Waals surface area contributed by atoms with E-state index in [4.69, 9.17) is 10.5 Å². The van der Waals surface area contributed by atoms with Crippen LogP contribution >= 0.6 is 0 Å². The quantitative estimate of drug-likeness (QED) is 0.253. The van der Waals surface area contributed by atoms with E-state index in [0.717, 1.165) is 51.4 Å². The minimum Gasteiger partial charge on any atom is -0.452 e. The summed E-state index contributed by atoms with van der Waals surface area (Å²) in [6, 6.07) is -2.70. The van der Waals surface area contributed by atoms with Gasteiger partial charge < -0.3 is 26.0 Å². The SMILES string of the molecule is CC(C)[C@@H]1C[C@@H](C(=O)NC(CC2CCC2)C(=O)C(N)=O)N(C(=O)[C@@H](NC(=O)C2CCC(=O)O2)C2CCCCC2)C1. The molecule has 2 aliphatic heterocycles. The van der Waals surface area contributed by atoms with E-state index >= 15 is 0 Å². The van der Waals surface area contributed by atoms with Crippen molar-refractivity contribution in [1.29, 1.82) is 0 Å². The molecule has 2 saturated carbocycles. The van der Waals surface area contributed by atoms with Crippen molar-refractivity contribution in [2.45, 2.75) is 115 Å². The normalized spacial score (nSPS) is 27.0. The molecule has 5 atom stereocenters. The monoisotopic (exact) mass is 560 g/mol. The van der Waals surface area contributed by atoms with Crippen LogP contribution < -0.4 is 16.4 Å². The lowest BCUT2D eigenvalue weighted by Gasteiger charge is -2.35. The number of primary amides is 1. The lowest BCUT2D eigenvalue weighted by atomic mass is 9.80. The van der Waals surface area contributed by atoms with E-state index in [1.807, 2.05) is 13.8 Å². The highest BCUT2D eigenvalue weighted by molar-refractivity contribution is 6.37. The molecule has 11 heteroatoms. The summed E-state index contributed by atoms with van der Waals surface area (Å²) in [4.78, 5) is 78.4. The number of nitrogens with two attached hydrogens (primary N) is 1. The standard InChI is InChI=1S/C29H44N4O7/c1-16(2)19-14-21(27(37)31-20(25(35)26(30)36)13-17-7-6-8-17)33(15-19)29(39)24(18-9-4-3-5-10-18)32-28(38)22-11-12-23(34)40-22/h16-22,24H,3-15H2,1-2H3,(H2,30,36)(H,31,37)(H,32,38)/t19-,20?,21+,22?,24+/m1/s1. The summed E-state index contributed by atoms with van der Waals surface area (Å²) in [5, 5.41) is 5.65. The molecule has 0 bridgehead atoms. The van der Waals surface area contributed by atoms with E-state index in [1.165, 1.54) is 0 Å². The van der Waals surface area contributed by atoms with Crippen molar-refractivity contribution in [2.75, 3.05) is 6.54 Å². The highest BCUT2D eigenvalue weighted by Crippen LogP contribution is 2.34. The Labute approximate surface area is 235 Å². The Morgan fingerprint density at radius 2 is 1.62 bits per heavy atom. The van der Waals surface area contributed by atoms with Gasteiger partial charge in [0, 0.05) is 19.4 Å². The second-order valence-electron chi connectivity index (χ2n) is 12.5. The third-order valence-electron chi connectivity index (χ3n) is 9.39. The van der Waals surface area contributed by atoms with Crippen molar-refractivity contribution in [2.24, 2.45) is 29.4 Å². The predicted molar refractivity (Wildman–Crippen MR) is 144 cm³/mol. The molecule has 0 radical (unpaired) electrons. The third-order valence-corrected chi connectivity index (χ3v) is 9.39. The fraction of sp³-hybridized carbons (Fsp3) is 0.793. The highest BCUT2D eigenvalue weighted by Gasteiger charge is 2.46. The van der Waals surface area contributed by atoms with Gasteiger partial charge in [-0.3, -0.25) is 28.8 Å². The molecule has 4 aliphatic rings. The lowest BCUT2D eigenvalue weighted by molar-refractivity contribution is -0.150. The average Bonchev–Trinajstić information content (AvgIpc) is 3.55. The fourth-order valence-corrected chi connectivity index (χ4v) is 6.56. The van der Waals surface area contributed by atoms with Crippen molar-refractivity contribution >= 4 is 35.4 Å². The summed E-state index contributed by atoms with van der Waals surface area (Å²) in [7, 11) is 0. The van der Waals surface area contributed by atoms with E-state index in [-0.39, 0.29) is 42.4 Å². The topological polar surface area (TPSA) is 165 Å². The number of nitrogens with zero attached hydrogens (tertiary/aromatic N) is 1. The summed E-state index contributed by atoms with van der Waals surface area (Å²) in [6.07, 6.45) is 7.70. The van der Waals surface area contributed by atoms with Gasteiger partial charge in [-0.1, -0.05) is 52.4 Å². The summed E-state index contributed by atoms with van der Waals surface area (Å²) >= 11 is 0. The molecule has 4 amide bonds. The molecule has 2 aliphatic carbocycles. The maximum absolute atomic E-state index is 14.2. The Morgan fingerprint density at radius 3 is 2.17 bits per heavy atom. The van der Waals surface area contributed by atoms with Crippen LogP contribution in [0.25, 0.3) is 0 Å². The Kier molecular flexibility index (Phi) is 9.84. The van der Waals surface area contributed by atoms with Gasteiger partial charge in [0.2, 0.25) is 17.6 Å². The van der Waals surface area contributed by atoms with Crippen molar-refractivity contribution in [3.05, 3.63) is 0 Å². The van der Waals surface area contributed by atoms with E-state index in [2.05, 4.69) is 10.6 Å².